The molecular weight excluding hydrogens is 791 g/mol. The number of carbonyl (C=O) groups excluding carboxylic acids is 2. The molecule has 0 radical (unpaired) electrons. The molecule has 1 unspecified atom stereocenters. The SMILES string of the molecule is COc1cc2c(cc1O)CCN[C@]21CS[C@@H]2c3c(OC(=O)/C=C/c4ccccc4)c(C)c4c(c3[C@@H](COC1=O)N1C2[C@@H]2N[C@H](Cc3cc(C)c(OC)c(O)c32)[C@@H]1O)OCO4. The van der Waals surface area contributed by atoms with Crippen LogP contribution in [0.4, 0.5) is 0 Å². The molecule has 0 aliphatic carbocycles. The maximum absolute atomic E-state index is 14.8. The molecule has 4 bridgehead atoms. The molecule has 14 nitrogen and oxygen atoms in total. The molecule has 0 amide bonds. The molecule has 4 aromatic rings. The van der Waals surface area contributed by atoms with Crippen LogP contribution in [-0.2, 0) is 32.7 Å². The number of esters is 2. The predicted octanol–water partition coefficient (Wildman–Crippen LogP) is 4.76. The van der Waals surface area contributed by atoms with Crippen molar-refractivity contribution in [3.8, 4) is 40.2 Å². The average Bonchev–Trinajstić information content (AvgIpc) is 3.74. The Morgan fingerprint density at radius 1 is 0.983 bits per heavy atom. The molecule has 7 heterocycles. The Morgan fingerprint density at radius 3 is 2.57 bits per heavy atom. The number of rotatable bonds is 5. The van der Waals surface area contributed by atoms with E-state index in [2.05, 4.69) is 10.6 Å². The van der Waals surface area contributed by atoms with Crippen LogP contribution < -0.4 is 34.3 Å². The van der Waals surface area contributed by atoms with Gasteiger partial charge in [-0.05, 0) is 72.7 Å². The number of piperazine rings is 1. The number of aliphatic hydroxyl groups excluding tert-OH is 1. The van der Waals surface area contributed by atoms with E-state index in [1.807, 2.05) is 55.1 Å². The molecule has 11 rings (SSSR count). The number of hydrogen-bond acceptors (Lipinski definition) is 15. The van der Waals surface area contributed by atoms with E-state index in [0.29, 0.717) is 64.5 Å². The summed E-state index contributed by atoms with van der Waals surface area (Å²) in [6.45, 7) is 3.82. The quantitative estimate of drug-likeness (QED) is 0.106. The maximum atomic E-state index is 14.8. The van der Waals surface area contributed by atoms with Crippen molar-refractivity contribution < 1.29 is 53.3 Å². The number of nitrogens with zero attached hydrogens (tertiary/aromatic N) is 1. The van der Waals surface area contributed by atoms with Crippen LogP contribution in [0.2, 0.25) is 0 Å². The fraction of sp³-hybridized carbons (Fsp3) is 0.378. The lowest BCUT2D eigenvalue weighted by Gasteiger charge is -2.59. The van der Waals surface area contributed by atoms with Crippen LogP contribution in [0, 0.1) is 13.8 Å². The predicted molar refractivity (Wildman–Crippen MR) is 220 cm³/mol. The monoisotopic (exact) mass is 835 g/mol. The summed E-state index contributed by atoms with van der Waals surface area (Å²) in [5, 5.41) is 41.9. The fourth-order valence-corrected chi connectivity index (χ4v) is 12.0. The number of fused-ring (bicyclic) bond motifs is 9. The summed E-state index contributed by atoms with van der Waals surface area (Å²) in [5.74, 6) is 0.640. The number of methoxy groups -OCH3 is 2. The number of phenolic OH excluding ortho intramolecular Hbond substituents is 2. The highest BCUT2D eigenvalue weighted by Crippen LogP contribution is 2.63. The number of aliphatic hydroxyl groups is 1. The summed E-state index contributed by atoms with van der Waals surface area (Å²) in [4.78, 5) is 30.7. The molecule has 5 N–H and O–H groups in total. The van der Waals surface area contributed by atoms with E-state index >= 15 is 0 Å². The van der Waals surface area contributed by atoms with Gasteiger partial charge in [0.15, 0.2) is 40.0 Å². The first kappa shape index (κ1) is 38.7. The highest BCUT2D eigenvalue weighted by molar-refractivity contribution is 7.99. The van der Waals surface area contributed by atoms with Gasteiger partial charge in [-0.1, -0.05) is 36.4 Å². The van der Waals surface area contributed by atoms with Gasteiger partial charge in [-0.2, -0.15) is 0 Å². The minimum absolute atomic E-state index is 0.00947. The number of aryl methyl sites for hydroxylation is 1. The summed E-state index contributed by atoms with van der Waals surface area (Å²) in [6, 6.07) is 12.3. The summed E-state index contributed by atoms with van der Waals surface area (Å²) in [6.07, 6.45) is 2.94. The Hall–Kier alpha value is -5.45. The Balaban J connectivity index is 1.20. The second kappa shape index (κ2) is 14.6. The molecule has 312 valence electrons. The van der Waals surface area contributed by atoms with E-state index < -0.39 is 53.1 Å². The van der Waals surface area contributed by atoms with Gasteiger partial charge in [-0.25, -0.2) is 9.59 Å². The van der Waals surface area contributed by atoms with Crippen molar-refractivity contribution in [2.45, 2.75) is 67.9 Å². The van der Waals surface area contributed by atoms with Gasteiger partial charge in [-0.15, -0.1) is 11.8 Å². The van der Waals surface area contributed by atoms with E-state index in [0.717, 1.165) is 22.3 Å². The number of carbonyl (C=O) groups is 2. The van der Waals surface area contributed by atoms with Crippen LogP contribution >= 0.6 is 11.8 Å². The van der Waals surface area contributed by atoms with Crippen LogP contribution in [0.15, 0.2) is 54.6 Å². The maximum Gasteiger partial charge on any atom is 0.336 e. The van der Waals surface area contributed by atoms with Gasteiger partial charge in [0.2, 0.25) is 6.79 Å². The summed E-state index contributed by atoms with van der Waals surface area (Å²) in [7, 11) is 2.99. The standard InChI is InChI=1S/C45H45N3O11S/c1-21-14-25-15-27-43(52)48-28-18-56-44(53)45(26-17-30(54-3)29(49)16-24(26)12-13-46-45)19-60-42(36(48)35(47-27)32(25)37(51)38(21)55-4)34-33(28)41-40(57-20-58-41)22(2)39(34)59-31(50)11-10-23-8-6-5-7-9-23/h5-11,14,16-17,27-28,35-36,42-43,46-47,49,51-52H,12-13,15,18-20H2,1-4H3/b11-10+/t27-,28-,35-,36?,42-,43+,45-/m1/s1. The summed E-state index contributed by atoms with van der Waals surface area (Å²) >= 11 is 1.44. The van der Waals surface area contributed by atoms with E-state index in [-0.39, 0.29) is 42.2 Å². The molecule has 7 aliphatic rings. The third-order valence-corrected chi connectivity index (χ3v) is 14.4. The topological polar surface area (TPSA) is 178 Å². The largest absolute Gasteiger partial charge is 0.504 e. The number of benzene rings is 4. The molecule has 60 heavy (non-hydrogen) atoms. The van der Waals surface area contributed by atoms with E-state index in [9.17, 15) is 24.9 Å². The molecule has 0 saturated carbocycles. The zero-order valence-electron chi connectivity index (χ0n) is 33.4. The Labute approximate surface area is 350 Å². The highest BCUT2D eigenvalue weighted by atomic mass is 32.2. The van der Waals surface area contributed by atoms with Gasteiger partial charge in [0.1, 0.15) is 18.6 Å². The number of aromatic hydroxyl groups is 2. The summed E-state index contributed by atoms with van der Waals surface area (Å²) < 4.78 is 36.5. The number of ether oxygens (including phenoxy) is 6. The van der Waals surface area contributed by atoms with Crippen molar-refractivity contribution in [2.24, 2.45) is 0 Å². The van der Waals surface area contributed by atoms with Crippen LogP contribution in [0.1, 0.15) is 67.4 Å². The first-order valence-electron chi connectivity index (χ1n) is 20.0. The lowest BCUT2D eigenvalue weighted by Crippen LogP contribution is -2.69. The van der Waals surface area contributed by atoms with E-state index in [4.69, 9.17) is 28.4 Å². The van der Waals surface area contributed by atoms with Crippen LogP contribution in [-0.4, -0.2) is 90.4 Å². The van der Waals surface area contributed by atoms with Crippen LogP contribution in [0.5, 0.6) is 40.2 Å². The van der Waals surface area contributed by atoms with Crippen molar-refractivity contribution in [3.63, 3.8) is 0 Å². The number of nitrogens with one attached hydrogen (secondary N) is 2. The summed E-state index contributed by atoms with van der Waals surface area (Å²) in [5.41, 5.74) is 4.91. The average molecular weight is 836 g/mol. The van der Waals surface area contributed by atoms with Gasteiger partial charge in [-0.3, -0.25) is 10.2 Å². The lowest BCUT2D eigenvalue weighted by atomic mass is 9.74. The van der Waals surface area contributed by atoms with Gasteiger partial charge in [0.05, 0.1) is 37.6 Å². The van der Waals surface area contributed by atoms with Gasteiger partial charge < -0.3 is 49.1 Å². The minimum atomic E-state index is -1.39. The second-order valence-corrected chi connectivity index (χ2v) is 17.2. The lowest BCUT2D eigenvalue weighted by molar-refractivity contribution is -0.164. The Kier molecular flexibility index (Phi) is 9.44. The molecule has 7 atom stereocenters. The highest BCUT2D eigenvalue weighted by Gasteiger charge is 2.60. The second-order valence-electron chi connectivity index (χ2n) is 16.1. The zero-order valence-corrected chi connectivity index (χ0v) is 34.3. The first-order valence-corrected chi connectivity index (χ1v) is 21.1. The smallest absolute Gasteiger partial charge is 0.336 e. The minimum Gasteiger partial charge on any atom is -0.504 e. The third-order valence-electron chi connectivity index (χ3n) is 12.9. The van der Waals surface area contributed by atoms with Crippen molar-refractivity contribution >= 4 is 29.8 Å². The number of thioether (sulfide) groups is 1. The molecular formula is C45H45N3O11S. The van der Waals surface area contributed by atoms with E-state index in [1.165, 1.54) is 32.1 Å². The molecule has 4 aromatic carbocycles. The molecule has 15 heteroatoms. The van der Waals surface area contributed by atoms with Crippen molar-refractivity contribution in [2.75, 3.05) is 39.9 Å². The van der Waals surface area contributed by atoms with Gasteiger partial charge in [0.25, 0.3) is 0 Å². The normalized spacial score (nSPS) is 27.4. The van der Waals surface area contributed by atoms with Gasteiger partial charge in [0, 0.05) is 46.7 Å². The molecule has 2 fully saturated rings. The fourth-order valence-electron chi connectivity index (χ4n) is 10.3. The van der Waals surface area contributed by atoms with Crippen molar-refractivity contribution in [3.05, 3.63) is 105 Å². The molecule has 0 aromatic heterocycles. The first-order chi connectivity index (χ1) is 29.0. The van der Waals surface area contributed by atoms with Crippen molar-refractivity contribution in [1.29, 1.82) is 0 Å². The zero-order chi connectivity index (χ0) is 41.6. The third kappa shape index (κ3) is 5.77. The van der Waals surface area contributed by atoms with E-state index in [1.54, 1.807) is 18.2 Å². The van der Waals surface area contributed by atoms with Crippen LogP contribution in [0.3, 0.4) is 0 Å². The molecule has 1 spiro atoms. The van der Waals surface area contributed by atoms with Crippen LogP contribution in [0.25, 0.3) is 6.08 Å². The number of hydrogen-bond donors (Lipinski definition) is 5. The molecule has 2 saturated heterocycles. The van der Waals surface area contributed by atoms with Crippen molar-refractivity contribution in [1.82, 2.24) is 15.5 Å². The number of phenols is 2. The van der Waals surface area contributed by atoms with Gasteiger partial charge >= 0.3 is 11.9 Å². The Morgan fingerprint density at radius 2 is 1.78 bits per heavy atom. The Bertz CT molecular complexity index is 2480. The molecule has 7 aliphatic heterocycles.